The van der Waals surface area contributed by atoms with Gasteiger partial charge in [-0.3, -0.25) is 4.79 Å². The number of aryl methyl sites for hydroxylation is 1. The van der Waals surface area contributed by atoms with Crippen molar-refractivity contribution in [2.45, 2.75) is 20.4 Å². The lowest BCUT2D eigenvalue weighted by Crippen LogP contribution is -2.17. The number of carbonyl (C=O) groups excluding carboxylic acids is 1. The average molecular weight is 268 g/mol. The van der Waals surface area contributed by atoms with Gasteiger partial charge in [-0.25, -0.2) is 0 Å². The minimum atomic E-state index is -0.0629. The van der Waals surface area contributed by atoms with E-state index in [2.05, 4.69) is 17.6 Å². The zero-order valence-corrected chi connectivity index (χ0v) is 11.9. The first kappa shape index (κ1) is 14.3. The highest BCUT2D eigenvalue weighted by Gasteiger charge is 2.10. The molecule has 0 saturated heterocycles. The normalized spacial score (nSPS) is 10.3. The fourth-order valence-electron chi connectivity index (χ4n) is 2.07. The highest BCUT2D eigenvalue weighted by molar-refractivity contribution is 6.05. The van der Waals surface area contributed by atoms with Gasteiger partial charge in [-0.15, -0.1) is 0 Å². The molecule has 0 heterocycles. The van der Waals surface area contributed by atoms with E-state index in [1.165, 1.54) is 0 Å². The van der Waals surface area contributed by atoms with Crippen LogP contribution in [0.5, 0.6) is 0 Å². The van der Waals surface area contributed by atoms with Gasteiger partial charge >= 0.3 is 0 Å². The molecule has 0 saturated carbocycles. The molecule has 0 spiro atoms. The standard InChI is InChI=1S/C17H20N2O/c1-3-18-12-14-9-5-7-11-16(14)19-17(20)15-10-6-4-8-13(15)2/h4-11,18H,3,12H2,1-2H3,(H,19,20). The van der Waals surface area contributed by atoms with Crippen molar-refractivity contribution in [3.63, 3.8) is 0 Å². The van der Waals surface area contributed by atoms with Gasteiger partial charge in [-0.2, -0.15) is 0 Å². The molecule has 0 aromatic heterocycles. The lowest BCUT2D eigenvalue weighted by atomic mass is 10.1. The third-order valence-electron chi connectivity index (χ3n) is 3.22. The first-order valence-corrected chi connectivity index (χ1v) is 6.88. The van der Waals surface area contributed by atoms with Crippen LogP contribution in [0.3, 0.4) is 0 Å². The Bertz CT molecular complexity index is 593. The van der Waals surface area contributed by atoms with E-state index in [1.807, 2.05) is 55.5 Å². The van der Waals surface area contributed by atoms with Crippen LogP contribution in [-0.4, -0.2) is 12.5 Å². The van der Waals surface area contributed by atoms with Crippen LogP contribution < -0.4 is 10.6 Å². The van der Waals surface area contributed by atoms with Gasteiger partial charge in [0.2, 0.25) is 0 Å². The molecule has 3 heteroatoms. The number of benzene rings is 2. The van der Waals surface area contributed by atoms with Gasteiger partial charge in [0, 0.05) is 17.8 Å². The number of hydrogen-bond donors (Lipinski definition) is 2. The second-order valence-corrected chi connectivity index (χ2v) is 4.71. The van der Waals surface area contributed by atoms with Crippen LogP contribution in [0.25, 0.3) is 0 Å². The largest absolute Gasteiger partial charge is 0.322 e. The van der Waals surface area contributed by atoms with E-state index in [-0.39, 0.29) is 5.91 Å². The quantitative estimate of drug-likeness (QED) is 0.873. The van der Waals surface area contributed by atoms with E-state index >= 15 is 0 Å². The maximum absolute atomic E-state index is 12.3. The van der Waals surface area contributed by atoms with Crippen LogP contribution in [0.4, 0.5) is 5.69 Å². The van der Waals surface area contributed by atoms with E-state index in [0.717, 1.165) is 29.9 Å². The van der Waals surface area contributed by atoms with Crippen LogP contribution in [-0.2, 0) is 6.54 Å². The molecule has 2 aromatic rings. The van der Waals surface area contributed by atoms with Gasteiger partial charge in [0.1, 0.15) is 0 Å². The van der Waals surface area contributed by atoms with Crippen molar-refractivity contribution in [2.24, 2.45) is 0 Å². The van der Waals surface area contributed by atoms with Gasteiger partial charge in [-0.1, -0.05) is 43.3 Å². The number of anilines is 1. The molecule has 0 bridgehead atoms. The van der Waals surface area contributed by atoms with E-state index < -0.39 is 0 Å². The van der Waals surface area contributed by atoms with Crippen molar-refractivity contribution in [2.75, 3.05) is 11.9 Å². The summed E-state index contributed by atoms with van der Waals surface area (Å²) >= 11 is 0. The van der Waals surface area contributed by atoms with Crippen molar-refractivity contribution in [1.82, 2.24) is 5.32 Å². The fraction of sp³-hybridized carbons (Fsp3) is 0.235. The molecular formula is C17H20N2O. The summed E-state index contributed by atoms with van der Waals surface area (Å²) in [6.45, 7) is 5.66. The predicted molar refractivity (Wildman–Crippen MR) is 83.0 cm³/mol. The van der Waals surface area contributed by atoms with Crippen molar-refractivity contribution in [3.8, 4) is 0 Å². The van der Waals surface area contributed by atoms with Crippen LogP contribution >= 0.6 is 0 Å². The summed E-state index contributed by atoms with van der Waals surface area (Å²) in [5.41, 5.74) is 3.65. The Kier molecular flexibility index (Phi) is 4.91. The van der Waals surface area contributed by atoms with Crippen LogP contribution in [0, 0.1) is 6.92 Å². The van der Waals surface area contributed by atoms with E-state index in [9.17, 15) is 4.79 Å². The second-order valence-electron chi connectivity index (χ2n) is 4.71. The topological polar surface area (TPSA) is 41.1 Å². The number of carbonyl (C=O) groups is 1. The van der Waals surface area contributed by atoms with Gasteiger partial charge in [0.05, 0.1) is 0 Å². The molecule has 1 amide bonds. The van der Waals surface area contributed by atoms with Gasteiger partial charge < -0.3 is 10.6 Å². The smallest absolute Gasteiger partial charge is 0.255 e. The van der Waals surface area contributed by atoms with Crippen molar-refractivity contribution < 1.29 is 4.79 Å². The Balaban J connectivity index is 2.18. The van der Waals surface area contributed by atoms with Gasteiger partial charge in [0.15, 0.2) is 0 Å². The molecule has 0 aliphatic carbocycles. The molecule has 2 N–H and O–H groups in total. The summed E-state index contributed by atoms with van der Waals surface area (Å²) in [6, 6.07) is 15.5. The molecular weight excluding hydrogens is 248 g/mol. The van der Waals surface area contributed by atoms with E-state index in [1.54, 1.807) is 0 Å². The van der Waals surface area contributed by atoms with Crippen molar-refractivity contribution in [1.29, 1.82) is 0 Å². The summed E-state index contributed by atoms with van der Waals surface area (Å²) in [7, 11) is 0. The minimum Gasteiger partial charge on any atom is -0.322 e. The Morgan fingerprint density at radius 2 is 1.75 bits per heavy atom. The summed E-state index contributed by atoms with van der Waals surface area (Å²) in [4.78, 5) is 12.3. The Labute approximate surface area is 120 Å². The second kappa shape index (κ2) is 6.87. The summed E-state index contributed by atoms with van der Waals surface area (Å²) in [6.07, 6.45) is 0. The van der Waals surface area contributed by atoms with Gasteiger partial charge in [-0.05, 0) is 36.7 Å². The lowest BCUT2D eigenvalue weighted by Gasteiger charge is -2.12. The zero-order valence-electron chi connectivity index (χ0n) is 11.9. The van der Waals surface area contributed by atoms with Crippen molar-refractivity contribution in [3.05, 3.63) is 65.2 Å². The van der Waals surface area contributed by atoms with Gasteiger partial charge in [0.25, 0.3) is 5.91 Å². The minimum absolute atomic E-state index is 0.0629. The molecule has 0 fully saturated rings. The number of para-hydroxylation sites is 1. The molecule has 2 rings (SSSR count). The van der Waals surface area contributed by atoms with Crippen LogP contribution in [0.15, 0.2) is 48.5 Å². The Hall–Kier alpha value is -2.13. The van der Waals surface area contributed by atoms with E-state index in [0.29, 0.717) is 5.56 Å². The Morgan fingerprint density at radius 1 is 1.05 bits per heavy atom. The molecule has 0 atom stereocenters. The van der Waals surface area contributed by atoms with Crippen LogP contribution in [0.1, 0.15) is 28.4 Å². The predicted octanol–water partition coefficient (Wildman–Crippen LogP) is 3.36. The number of hydrogen-bond acceptors (Lipinski definition) is 2. The summed E-state index contributed by atoms with van der Waals surface area (Å²) in [5, 5.41) is 6.28. The van der Waals surface area contributed by atoms with Crippen molar-refractivity contribution >= 4 is 11.6 Å². The highest BCUT2D eigenvalue weighted by atomic mass is 16.1. The molecule has 20 heavy (non-hydrogen) atoms. The third-order valence-corrected chi connectivity index (χ3v) is 3.22. The lowest BCUT2D eigenvalue weighted by molar-refractivity contribution is 0.102. The maximum atomic E-state index is 12.3. The SMILES string of the molecule is CCNCc1ccccc1NC(=O)c1ccccc1C. The Morgan fingerprint density at radius 3 is 2.50 bits per heavy atom. The van der Waals surface area contributed by atoms with Crippen LogP contribution in [0.2, 0.25) is 0 Å². The number of rotatable bonds is 5. The zero-order chi connectivity index (χ0) is 14.4. The average Bonchev–Trinajstić information content (AvgIpc) is 2.46. The molecule has 0 unspecified atom stereocenters. The summed E-state index contributed by atoms with van der Waals surface area (Å²) in [5.74, 6) is -0.0629. The first-order chi connectivity index (χ1) is 9.72. The highest BCUT2D eigenvalue weighted by Crippen LogP contribution is 2.17. The molecule has 0 aliphatic heterocycles. The number of nitrogens with one attached hydrogen (secondary N) is 2. The monoisotopic (exact) mass is 268 g/mol. The molecule has 2 aromatic carbocycles. The molecule has 3 nitrogen and oxygen atoms in total. The maximum Gasteiger partial charge on any atom is 0.255 e. The van der Waals surface area contributed by atoms with E-state index in [4.69, 9.17) is 0 Å². The first-order valence-electron chi connectivity index (χ1n) is 6.88. The molecule has 0 aliphatic rings. The number of amides is 1. The molecule has 104 valence electrons. The third kappa shape index (κ3) is 3.45. The fourth-order valence-corrected chi connectivity index (χ4v) is 2.07. The molecule has 0 radical (unpaired) electrons. The summed E-state index contributed by atoms with van der Waals surface area (Å²) < 4.78 is 0.